The summed E-state index contributed by atoms with van der Waals surface area (Å²) in [6, 6.07) is 4.75. The molecule has 1 aliphatic rings. The molecule has 1 unspecified atom stereocenters. The highest BCUT2D eigenvalue weighted by Crippen LogP contribution is 2.29. The van der Waals surface area contributed by atoms with Crippen molar-refractivity contribution < 1.29 is 13.2 Å². The van der Waals surface area contributed by atoms with Gasteiger partial charge in [-0.1, -0.05) is 0 Å². The summed E-state index contributed by atoms with van der Waals surface area (Å²) in [5, 5.41) is 3.32. The molecule has 3 N–H and O–H groups in total. The van der Waals surface area contributed by atoms with Crippen LogP contribution in [0, 0.1) is 0 Å². The number of hydrogen-bond donors (Lipinski definition) is 2. The number of sulfone groups is 1. The van der Waals surface area contributed by atoms with Gasteiger partial charge in [-0.15, -0.1) is 0 Å². The second-order valence-electron chi connectivity index (χ2n) is 5.01. The molecule has 0 radical (unpaired) electrons. The average Bonchev–Trinajstić information content (AvgIpc) is 2.67. The number of nitrogens with one attached hydrogen (secondary N) is 1. The normalized spacial score (nSPS) is 24.1. The van der Waals surface area contributed by atoms with Gasteiger partial charge in [-0.2, -0.15) is 0 Å². The van der Waals surface area contributed by atoms with Crippen LogP contribution in [0.15, 0.2) is 23.1 Å². The summed E-state index contributed by atoms with van der Waals surface area (Å²) in [6.45, 7) is 3.41. The van der Waals surface area contributed by atoms with Crippen LogP contribution in [0.5, 0.6) is 0 Å². The third kappa shape index (κ3) is 2.76. The van der Waals surface area contributed by atoms with Gasteiger partial charge in [0.1, 0.15) is 0 Å². The largest absolute Gasteiger partial charge is 0.397 e. The standard InChI is InChI=1S/C12H18N2O3S/c1-12(5-6-17-8-12)14-11-4-3-9(7-10(11)13)18(2,15)16/h3-4,7,14H,5-6,8,13H2,1-2H3. The molecule has 5 nitrogen and oxygen atoms in total. The Kier molecular flexibility index (Phi) is 3.25. The first kappa shape index (κ1) is 13.2. The van der Waals surface area contributed by atoms with E-state index in [1.165, 1.54) is 12.3 Å². The first-order valence-corrected chi connectivity index (χ1v) is 7.65. The monoisotopic (exact) mass is 270 g/mol. The van der Waals surface area contributed by atoms with E-state index in [1.807, 2.05) is 0 Å². The van der Waals surface area contributed by atoms with E-state index in [4.69, 9.17) is 10.5 Å². The Hall–Kier alpha value is -1.27. The summed E-state index contributed by atoms with van der Waals surface area (Å²) in [4.78, 5) is 0.235. The second-order valence-corrected chi connectivity index (χ2v) is 7.03. The molecule has 1 fully saturated rings. The Balaban J connectivity index is 2.25. The van der Waals surface area contributed by atoms with E-state index in [0.29, 0.717) is 12.3 Å². The zero-order valence-electron chi connectivity index (χ0n) is 10.6. The molecule has 1 heterocycles. The Morgan fingerprint density at radius 3 is 2.67 bits per heavy atom. The highest BCUT2D eigenvalue weighted by Gasteiger charge is 2.29. The number of nitrogen functional groups attached to an aromatic ring is 1. The number of benzene rings is 1. The minimum Gasteiger partial charge on any atom is -0.397 e. The van der Waals surface area contributed by atoms with Gasteiger partial charge in [0.25, 0.3) is 0 Å². The zero-order valence-corrected chi connectivity index (χ0v) is 11.4. The van der Waals surface area contributed by atoms with Gasteiger partial charge in [0.05, 0.1) is 28.4 Å². The third-order valence-electron chi connectivity index (χ3n) is 3.11. The van der Waals surface area contributed by atoms with Gasteiger partial charge >= 0.3 is 0 Å². The van der Waals surface area contributed by atoms with Crippen LogP contribution in [-0.2, 0) is 14.6 Å². The predicted molar refractivity (Wildman–Crippen MR) is 71.4 cm³/mol. The highest BCUT2D eigenvalue weighted by atomic mass is 32.2. The average molecular weight is 270 g/mol. The molecule has 1 aliphatic heterocycles. The molecule has 1 atom stereocenters. The van der Waals surface area contributed by atoms with Crippen LogP contribution >= 0.6 is 0 Å². The van der Waals surface area contributed by atoms with Crippen molar-refractivity contribution in [3.05, 3.63) is 18.2 Å². The lowest BCUT2D eigenvalue weighted by molar-refractivity contribution is 0.185. The van der Waals surface area contributed by atoms with Crippen LogP contribution in [-0.4, -0.2) is 33.4 Å². The van der Waals surface area contributed by atoms with Crippen LogP contribution in [0.3, 0.4) is 0 Å². The zero-order chi connectivity index (χ0) is 13.4. The van der Waals surface area contributed by atoms with Gasteiger partial charge in [-0.3, -0.25) is 0 Å². The quantitative estimate of drug-likeness (QED) is 0.808. The van der Waals surface area contributed by atoms with Gasteiger partial charge in [-0.05, 0) is 31.5 Å². The number of anilines is 2. The van der Waals surface area contributed by atoms with Crippen LogP contribution in [0.2, 0.25) is 0 Å². The van der Waals surface area contributed by atoms with E-state index < -0.39 is 9.84 Å². The molecular formula is C12H18N2O3S. The van der Waals surface area contributed by atoms with Crippen molar-refractivity contribution in [3.63, 3.8) is 0 Å². The predicted octanol–water partition coefficient (Wildman–Crippen LogP) is 1.26. The molecule has 1 aromatic rings. The first-order valence-electron chi connectivity index (χ1n) is 5.76. The fraction of sp³-hybridized carbons (Fsp3) is 0.500. The smallest absolute Gasteiger partial charge is 0.175 e. The fourth-order valence-electron chi connectivity index (χ4n) is 1.98. The molecule has 0 bridgehead atoms. The minimum atomic E-state index is -3.22. The molecule has 0 aliphatic carbocycles. The van der Waals surface area contributed by atoms with Crippen molar-refractivity contribution in [1.82, 2.24) is 0 Å². The summed E-state index contributed by atoms with van der Waals surface area (Å²) < 4.78 is 28.2. The van der Waals surface area contributed by atoms with Crippen molar-refractivity contribution in [3.8, 4) is 0 Å². The highest BCUT2D eigenvalue weighted by molar-refractivity contribution is 7.90. The molecule has 0 amide bonds. The molecule has 6 heteroatoms. The molecule has 100 valence electrons. The molecule has 2 rings (SSSR count). The number of rotatable bonds is 3. The lowest BCUT2D eigenvalue weighted by Gasteiger charge is -2.26. The second kappa shape index (κ2) is 4.44. The molecule has 0 saturated carbocycles. The summed E-state index contributed by atoms with van der Waals surface area (Å²) in [7, 11) is -3.22. The van der Waals surface area contributed by atoms with Gasteiger partial charge < -0.3 is 15.8 Å². The van der Waals surface area contributed by atoms with Crippen molar-refractivity contribution in [1.29, 1.82) is 0 Å². The van der Waals surface area contributed by atoms with Crippen molar-refractivity contribution >= 4 is 21.2 Å². The van der Waals surface area contributed by atoms with Crippen LogP contribution < -0.4 is 11.1 Å². The number of ether oxygens (including phenoxy) is 1. The molecule has 1 aromatic carbocycles. The Morgan fingerprint density at radius 2 is 2.17 bits per heavy atom. The van der Waals surface area contributed by atoms with Gasteiger partial charge in [0, 0.05) is 12.9 Å². The molecular weight excluding hydrogens is 252 g/mol. The minimum absolute atomic E-state index is 0.138. The van der Waals surface area contributed by atoms with Crippen molar-refractivity contribution in [2.75, 3.05) is 30.5 Å². The van der Waals surface area contributed by atoms with Crippen molar-refractivity contribution in [2.24, 2.45) is 0 Å². The molecule has 0 spiro atoms. The van der Waals surface area contributed by atoms with Gasteiger partial charge in [-0.25, -0.2) is 8.42 Å². The maximum absolute atomic E-state index is 11.4. The SMILES string of the molecule is CC1(Nc2ccc(S(C)(=O)=O)cc2N)CCOC1. The van der Waals surface area contributed by atoms with Crippen molar-refractivity contribution in [2.45, 2.75) is 23.8 Å². The Labute approximate surface area is 107 Å². The van der Waals surface area contributed by atoms with E-state index >= 15 is 0 Å². The molecule has 18 heavy (non-hydrogen) atoms. The molecule has 1 saturated heterocycles. The van der Waals surface area contributed by atoms with E-state index in [2.05, 4.69) is 12.2 Å². The van der Waals surface area contributed by atoms with E-state index in [0.717, 1.165) is 18.7 Å². The Bertz CT molecular complexity index is 548. The van der Waals surface area contributed by atoms with Crippen LogP contribution in [0.25, 0.3) is 0 Å². The first-order chi connectivity index (χ1) is 8.30. The van der Waals surface area contributed by atoms with E-state index in [9.17, 15) is 8.42 Å². The molecule has 0 aromatic heterocycles. The lowest BCUT2D eigenvalue weighted by atomic mass is 10.0. The fourth-order valence-corrected chi connectivity index (χ4v) is 2.63. The number of hydrogen-bond acceptors (Lipinski definition) is 5. The number of nitrogens with two attached hydrogens (primary N) is 1. The summed E-state index contributed by atoms with van der Waals surface area (Å²) in [5.41, 5.74) is 6.93. The topological polar surface area (TPSA) is 81.4 Å². The van der Waals surface area contributed by atoms with Gasteiger partial charge in [0.2, 0.25) is 0 Å². The third-order valence-corrected chi connectivity index (χ3v) is 4.22. The maximum atomic E-state index is 11.4. The Morgan fingerprint density at radius 1 is 1.44 bits per heavy atom. The van der Waals surface area contributed by atoms with Crippen LogP contribution in [0.1, 0.15) is 13.3 Å². The van der Waals surface area contributed by atoms with Crippen LogP contribution in [0.4, 0.5) is 11.4 Å². The lowest BCUT2D eigenvalue weighted by Crippen LogP contribution is -2.35. The summed E-state index contributed by atoms with van der Waals surface area (Å²) >= 11 is 0. The van der Waals surface area contributed by atoms with Gasteiger partial charge in [0.15, 0.2) is 9.84 Å². The summed E-state index contributed by atoms with van der Waals surface area (Å²) in [6.07, 6.45) is 2.07. The maximum Gasteiger partial charge on any atom is 0.175 e. The summed E-state index contributed by atoms with van der Waals surface area (Å²) in [5.74, 6) is 0. The van der Waals surface area contributed by atoms with E-state index in [-0.39, 0.29) is 10.4 Å². The van der Waals surface area contributed by atoms with E-state index in [1.54, 1.807) is 12.1 Å².